The molecule has 0 unspecified atom stereocenters. The highest BCUT2D eigenvalue weighted by Crippen LogP contribution is 2.40. The number of rotatable bonds is 0. The van der Waals surface area contributed by atoms with Crippen molar-refractivity contribution >= 4 is 0 Å². The standard InChI is InChI=1S/C17H30O6/c1-15(2)18-20-16(11-7-3-4-8-12-16)22-23-17(21-19-15)13-9-5-6-10-14-17/h3-14H2,1-2H3. The lowest BCUT2D eigenvalue weighted by Crippen LogP contribution is -2.41. The van der Waals surface area contributed by atoms with E-state index >= 15 is 0 Å². The smallest absolute Gasteiger partial charge is 0.195 e. The Labute approximate surface area is 138 Å². The Bertz CT molecular complexity index is 333. The maximum atomic E-state index is 5.86. The van der Waals surface area contributed by atoms with Crippen molar-refractivity contribution in [3.8, 4) is 0 Å². The predicted molar refractivity (Wildman–Crippen MR) is 81.5 cm³/mol. The Morgan fingerprint density at radius 1 is 0.435 bits per heavy atom. The van der Waals surface area contributed by atoms with Crippen LogP contribution < -0.4 is 0 Å². The Balaban J connectivity index is 1.79. The van der Waals surface area contributed by atoms with Crippen LogP contribution >= 0.6 is 0 Å². The van der Waals surface area contributed by atoms with E-state index in [1.807, 2.05) is 0 Å². The summed E-state index contributed by atoms with van der Waals surface area (Å²) in [4.78, 5) is 34.1. The van der Waals surface area contributed by atoms with Crippen molar-refractivity contribution in [2.45, 2.75) is 108 Å². The summed E-state index contributed by atoms with van der Waals surface area (Å²) in [6.45, 7) is 3.54. The third-order valence-corrected chi connectivity index (χ3v) is 4.86. The molecule has 134 valence electrons. The third kappa shape index (κ3) is 4.65. The van der Waals surface area contributed by atoms with Gasteiger partial charge in [0.25, 0.3) is 0 Å². The zero-order valence-corrected chi connectivity index (χ0v) is 14.4. The van der Waals surface area contributed by atoms with Gasteiger partial charge in [-0.2, -0.15) is 29.3 Å². The molecule has 6 heteroatoms. The van der Waals surface area contributed by atoms with Crippen molar-refractivity contribution in [3.05, 3.63) is 0 Å². The fourth-order valence-electron chi connectivity index (χ4n) is 3.41. The first kappa shape index (κ1) is 17.6. The maximum Gasteiger partial charge on any atom is 0.234 e. The van der Waals surface area contributed by atoms with Crippen LogP contribution in [0.5, 0.6) is 0 Å². The summed E-state index contributed by atoms with van der Waals surface area (Å²) in [5.41, 5.74) is 0. The summed E-state index contributed by atoms with van der Waals surface area (Å²) in [7, 11) is 0. The monoisotopic (exact) mass is 330 g/mol. The Morgan fingerprint density at radius 3 is 1.09 bits per heavy atom. The van der Waals surface area contributed by atoms with Gasteiger partial charge < -0.3 is 0 Å². The fourth-order valence-corrected chi connectivity index (χ4v) is 3.41. The molecular formula is C17H30O6. The summed E-state index contributed by atoms with van der Waals surface area (Å²) in [6, 6.07) is 0. The summed E-state index contributed by atoms with van der Waals surface area (Å²) < 4.78 is 0. The average Bonchev–Trinajstić information content (AvgIpc) is 2.90. The highest BCUT2D eigenvalue weighted by atomic mass is 17.4. The quantitative estimate of drug-likeness (QED) is 0.601. The van der Waals surface area contributed by atoms with Crippen molar-refractivity contribution in [3.63, 3.8) is 0 Å². The van der Waals surface area contributed by atoms with Gasteiger partial charge in [0.15, 0.2) is 0 Å². The van der Waals surface area contributed by atoms with Gasteiger partial charge in [-0.05, 0) is 39.5 Å². The van der Waals surface area contributed by atoms with Crippen LogP contribution in [0.4, 0.5) is 0 Å². The highest BCUT2D eigenvalue weighted by molar-refractivity contribution is 4.75. The zero-order valence-electron chi connectivity index (χ0n) is 14.4. The van der Waals surface area contributed by atoms with Gasteiger partial charge in [-0.1, -0.05) is 25.7 Å². The van der Waals surface area contributed by atoms with Crippen molar-refractivity contribution < 1.29 is 29.3 Å². The molecule has 0 aromatic rings. The van der Waals surface area contributed by atoms with Gasteiger partial charge in [0.05, 0.1) is 0 Å². The SMILES string of the molecule is CC1(C)OOC2(CCCCCC2)OOC2(CCCCCC2)OO1. The van der Waals surface area contributed by atoms with E-state index in [-0.39, 0.29) is 0 Å². The lowest BCUT2D eigenvalue weighted by Gasteiger charge is -2.33. The van der Waals surface area contributed by atoms with Crippen LogP contribution in [0.1, 0.15) is 90.9 Å². The van der Waals surface area contributed by atoms with E-state index in [4.69, 9.17) is 29.3 Å². The topological polar surface area (TPSA) is 55.4 Å². The molecule has 2 aliphatic carbocycles. The van der Waals surface area contributed by atoms with Crippen LogP contribution in [-0.4, -0.2) is 17.4 Å². The summed E-state index contributed by atoms with van der Waals surface area (Å²) in [5, 5.41) is 0. The molecule has 1 saturated heterocycles. The minimum absolute atomic E-state index is 0.749. The van der Waals surface area contributed by atoms with E-state index in [1.54, 1.807) is 13.8 Å². The molecule has 0 N–H and O–H groups in total. The molecule has 3 fully saturated rings. The second-order valence-corrected chi connectivity index (χ2v) is 7.55. The second-order valence-electron chi connectivity index (χ2n) is 7.55. The van der Waals surface area contributed by atoms with E-state index in [2.05, 4.69) is 0 Å². The van der Waals surface area contributed by atoms with Crippen LogP contribution in [0.2, 0.25) is 0 Å². The molecule has 1 heterocycles. The first-order chi connectivity index (χ1) is 11.0. The number of hydrogen-bond donors (Lipinski definition) is 0. The maximum absolute atomic E-state index is 5.86. The first-order valence-electron chi connectivity index (χ1n) is 9.14. The fraction of sp³-hybridized carbons (Fsp3) is 1.00. The lowest BCUT2D eigenvalue weighted by molar-refractivity contribution is -0.551. The summed E-state index contributed by atoms with van der Waals surface area (Å²) >= 11 is 0. The van der Waals surface area contributed by atoms with Gasteiger partial charge in [0.1, 0.15) is 0 Å². The van der Waals surface area contributed by atoms with Crippen molar-refractivity contribution in [1.82, 2.24) is 0 Å². The molecule has 0 amide bonds. The molecule has 0 aromatic heterocycles. The van der Waals surface area contributed by atoms with Crippen LogP contribution in [0.3, 0.4) is 0 Å². The van der Waals surface area contributed by atoms with E-state index in [9.17, 15) is 0 Å². The minimum Gasteiger partial charge on any atom is -0.195 e. The van der Waals surface area contributed by atoms with Gasteiger partial charge in [-0.3, -0.25) is 0 Å². The normalized spacial score (nSPS) is 31.6. The lowest BCUT2D eigenvalue weighted by atomic mass is 10.1. The van der Waals surface area contributed by atoms with Gasteiger partial charge in [-0.15, -0.1) is 0 Å². The Hall–Kier alpha value is -0.240. The van der Waals surface area contributed by atoms with Gasteiger partial charge in [0.2, 0.25) is 17.4 Å². The zero-order chi connectivity index (χ0) is 16.2. The Morgan fingerprint density at radius 2 is 0.739 bits per heavy atom. The summed E-state index contributed by atoms with van der Waals surface area (Å²) in [5.74, 6) is -2.76. The third-order valence-electron chi connectivity index (χ3n) is 4.86. The van der Waals surface area contributed by atoms with E-state index in [0.29, 0.717) is 0 Å². The molecule has 6 nitrogen and oxygen atoms in total. The van der Waals surface area contributed by atoms with E-state index in [1.165, 1.54) is 25.7 Å². The molecule has 0 bridgehead atoms. The van der Waals surface area contributed by atoms with E-state index < -0.39 is 17.4 Å². The van der Waals surface area contributed by atoms with Crippen molar-refractivity contribution in [2.75, 3.05) is 0 Å². The van der Waals surface area contributed by atoms with Crippen LogP contribution in [0.25, 0.3) is 0 Å². The van der Waals surface area contributed by atoms with Gasteiger partial charge >= 0.3 is 0 Å². The molecule has 3 aliphatic rings. The predicted octanol–water partition coefficient (Wildman–Crippen LogP) is 4.68. The van der Waals surface area contributed by atoms with Crippen molar-refractivity contribution in [2.24, 2.45) is 0 Å². The molecule has 2 spiro atoms. The molecule has 2 saturated carbocycles. The van der Waals surface area contributed by atoms with Gasteiger partial charge in [0, 0.05) is 25.7 Å². The van der Waals surface area contributed by atoms with Gasteiger partial charge in [-0.25, -0.2) is 0 Å². The molecule has 3 rings (SSSR count). The van der Waals surface area contributed by atoms with Crippen LogP contribution in [0, 0.1) is 0 Å². The summed E-state index contributed by atoms with van der Waals surface area (Å²) in [6.07, 6.45) is 11.8. The van der Waals surface area contributed by atoms with Crippen molar-refractivity contribution in [1.29, 1.82) is 0 Å². The minimum atomic E-state index is -1.02. The second kappa shape index (κ2) is 7.33. The molecule has 1 aliphatic heterocycles. The highest BCUT2D eigenvalue weighted by Gasteiger charge is 2.46. The molecule has 0 aromatic carbocycles. The van der Waals surface area contributed by atoms with Crippen LogP contribution in [-0.2, 0) is 29.3 Å². The first-order valence-corrected chi connectivity index (χ1v) is 9.14. The Kier molecular flexibility index (Phi) is 5.61. The number of hydrogen-bond acceptors (Lipinski definition) is 6. The largest absolute Gasteiger partial charge is 0.234 e. The molecular weight excluding hydrogens is 300 g/mol. The van der Waals surface area contributed by atoms with E-state index in [0.717, 1.165) is 51.4 Å². The average molecular weight is 330 g/mol. The van der Waals surface area contributed by atoms with Crippen LogP contribution in [0.15, 0.2) is 0 Å². The molecule has 0 radical (unpaired) electrons. The molecule has 0 atom stereocenters. The molecule has 23 heavy (non-hydrogen) atoms.